The molecule has 3 heterocycles. The lowest BCUT2D eigenvalue weighted by atomic mass is 10.1. The number of carbonyl (C=O) groups is 1. The normalized spacial score (nSPS) is 15.0. The quantitative estimate of drug-likeness (QED) is 0.653. The number of hydrogen-bond acceptors (Lipinski definition) is 4. The molecule has 0 unspecified atom stereocenters. The molecular formula is C23H30N6O. The lowest BCUT2D eigenvalue weighted by molar-refractivity contribution is 0.0628. The predicted molar refractivity (Wildman–Crippen MR) is 116 cm³/mol. The largest absolute Gasteiger partial charge is 0.336 e. The van der Waals surface area contributed by atoms with Crippen molar-refractivity contribution >= 4 is 5.91 Å². The Bertz CT molecular complexity index is 1020. The number of nitrogens with zero attached hydrogens (tertiary/aromatic N) is 6. The molecule has 1 aliphatic rings. The molecule has 0 saturated carbocycles. The summed E-state index contributed by atoms with van der Waals surface area (Å²) in [6, 6.07) is 10.0. The number of amides is 1. The van der Waals surface area contributed by atoms with Gasteiger partial charge in [-0.3, -0.25) is 19.1 Å². The van der Waals surface area contributed by atoms with Crippen molar-refractivity contribution in [1.82, 2.24) is 29.4 Å². The minimum atomic E-state index is 0.116. The Morgan fingerprint density at radius 2 is 1.67 bits per heavy atom. The van der Waals surface area contributed by atoms with Crippen LogP contribution in [0.2, 0.25) is 0 Å². The molecule has 0 bridgehead atoms. The van der Waals surface area contributed by atoms with Crippen LogP contribution in [-0.2, 0) is 20.1 Å². The maximum atomic E-state index is 12.9. The molecule has 0 radical (unpaired) electrons. The van der Waals surface area contributed by atoms with E-state index >= 15 is 0 Å². The molecule has 158 valence electrons. The number of carbonyl (C=O) groups excluding carboxylic acids is 1. The second-order valence-electron chi connectivity index (χ2n) is 8.26. The molecule has 1 aromatic carbocycles. The van der Waals surface area contributed by atoms with Crippen LogP contribution in [-0.4, -0.2) is 61.4 Å². The summed E-state index contributed by atoms with van der Waals surface area (Å²) in [5.41, 5.74) is 6.41. The van der Waals surface area contributed by atoms with Gasteiger partial charge in [0.2, 0.25) is 0 Å². The summed E-state index contributed by atoms with van der Waals surface area (Å²) in [6.07, 6.45) is 2.08. The highest BCUT2D eigenvalue weighted by atomic mass is 16.2. The Morgan fingerprint density at radius 3 is 2.23 bits per heavy atom. The lowest BCUT2D eigenvalue weighted by Gasteiger charge is -2.34. The van der Waals surface area contributed by atoms with E-state index in [1.165, 1.54) is 5.56 Å². The van der Waals surface area contributed by atoms with E-state index < -0.39 is 0 Å². The molecule has 0 aliphatic carbocycles. The van der Waals surface area contributed by atoms with Crippen LogP contribution in [0.1, 0.15) is 38.6 Å². The number of rotatable bonds is 5. The topological polar surface area (TPSA) is 59.2 Å². The van der Waals surface area contributed by atoms with E-state index in [0.29, 0.717) is 0 Å². The fourth-order valence-electron chi connectivity index (χ4n) is 4.10. The summed E-state index contributed by atoms with van der Waals surface area (Å²) >= 11 is 0. The number of aromatic nitrogens is 4. The van der Waals surface area contributed by atoms with Gasteiger partial charge in [0.15, 0.2) is 0 Å². The highest BCUT2D eigenvalue weighted by Gasteiger charge is 2.23. The molecule has 7 heteroatoms. The van der Waals surface area contributed by atoms with Crippen molar-refractivity contribution in [2.45, 2.75) is 33.9 Å². The average Bonchev–Trinajstić information content (AvgIpc) is 3.21. The highest BCUT2D eigenvalue weighted by molar-refractivity contribution is 5.94. The van der Waals surface area contributed by atoms with Crippen molar-refractivity contribution in [3.05, 3.63) is 70.3 Å². The van der Waals surface area contributed by atoms with E-state index in [1.807, 2.05) is 59.4 Å². The van der Waals surface area contributed by atoms with Gasteiger partial charge in [0.05, 0.1) is 17.9 Å². The molecule has 2 aromatic heterocycles. The van der Waals surface area contributed by atoms with E-state index in [-0.39, 0.29) is 5.91 Å². The van der Waals surface area contributed by atoms with Crippen molar-refractivity contribution in [2.24, 2.45) is 7.05 Å². The standard InChI is InChI=1S/C23H30N6O/c1-17-13-18(2)29(24-17)14-20-5-7-21(8-6-20)23(30)28-11-9-27(10-12-28)16-22-15-26(4)25-19(22)3/h5-8,13,15H,9-12,14,16H2,1-4H3. The fraction of sp³-hybridized carbons (Fsp3) is 0.435. The van der Waals surface area contributed by atoms with Crippen molar-refractivity contribution in [3.8, 4) is 0 Å². The van der Waals surface area contributed by atoms with Crippen LogP contribution in [0.4, 0.5) is 0 Å². The number of piperazine rings is 1. The summed E-state index contributed by atoms with van der Waals surface area (Å²) in [4.78, 5) is 17.3. The molecule has 1 amide bonds. The molecule has 3 aromatic rings. The minimum Gasteiger partial charge on any atom is -0.336 e. The van der Waals surface area contributed by atoms with Crippen molar-refractivity contribution in [1.29, 1.82) is 0 Å². The predicted octanol–water partition coefficient (Wildman–Crippen LogP) is 2.55. The van der Waals surface area contributed by atoms with Gasteiger partial charge in [0, 0.05) is 62.8 Å². The van der Waals surface area contributed by atoms with E-state index in [4.69, 9.17) is 0 Å². The Morgan fingerprint density at radius 1 is 0.967 bits per heavy atom. The monoisotopic (exact) mass is 406 g/mol. The molecular weight excluding hydrogens is 376 g/mol. The van der Waals surface area contributed by atoms with Crippen LogP contribution >= 0.6 is 0 Å². The van der Waals surface area contributed by atoms with Gasteiger partial charge in [-0.05, 0) is 44.5 Å². The van der Waals surface area contributed by atoms with Crippen molar-refractivity contribution < 1.29 is 4.79 Å². The Hall–Kier alpha value is -2.93. The molecule has 1 fully saturated rings. The molecule has 0 N–H and O–H groups in total. The SMILES string of the molecule is Cc1cc(C)n(Cc2ccc(C(=O)N3CCN(Cc4cn(C)nc4C)CC3)cc2)n1. The number of aryl methyl sites for hydroxylation is 4. The second kappa shape index (κ2) is 8.44. The first-order valence-electron chi connectivity index (χ1n) is 10.5. The van der Waals surface area contributed by atoms with E-state index in [9.17, 15) is 4.79 Å². The highest BCUT2D eigenvalue weighted by Crippen LogP contribution is 2.15. The zero-order chi connectivity index (χ0) is 21.3. The van der Waals surface area contributed by atoms with Crippen LogP contribution in [0.25, 0.3) is 0 Å². The number of hydrogen-bond donors (Lipinski definition) is 0. The van der Waals surface area contributed by atoms with Gasteiger partial charge >= 0.3 is 0 Å². The van der Waals surface area contributed by atoms with Crippen LogP contribution in [0.5, 0.6) is 0 Å². The summed E-state index contributed by atoms with van der Waals surface area (Å²) in [5, 5.41) is 8.93. The molecule has 0 atom stereocenters. The van der Waals surface area contributed by atoms with Crippen molar-refractivity contribution in [2.75, 3.05) is 26.2 Å². The first kappa shape index (κ1) is 20.3. The van der Waals surface area contributed by atoms with Crippen LogP contribution in [0.3, 0.4) is 0 Å². The van der Waals surface area contributed by atoms with Gasteiger partial charge in [-0.15, -0.1) is 0 Å². The molecule has 4 rings (SSSR count). The maximum absolute atomic E-state index is 12.9. The lowest BCUT2D eigenvalue weighted by Crippen LogP contribution is -2.48. The van der Waals surface area contributed by atoms with Crippen LogP contribution in [0, 0.1) is 20.8 Å². The third-order valence-corrected chi connectivity index (χ3v) is 5.81. The van der Waals surface area contributed by atoms with Crippen LogP contribution in [0.15, 0.2) is 36.5 Å². The number of benzene rings is 1. The van der Waals surface area contributed by atoms with Gasteiger partial charge in [-0.2, -0.15) is 10.2 Å². The fourth-order valence-corrected chi connectivity index (χ4v) is 4.10. The molecule has 7 nitrogen and oxygen atoms in total. The average molecular weight is 407 g/mol. The molecule has 1 saturated heterocycles. The van der Waals surface area contributed by atoms with Gasteiger partial charge < -0.3 is 4.90 Å². The van der Waals surface area contributed by atoms with Gasteiger partial charge in [-0.1, -0.05) is 12.1 Å². The molecule has 30 heavy (non-hydrogen) atoms. The van der Waals surface area contributed by atoms with E-state index in [0.717, 1.165) is 67.5 Å². The smallest absolute Gasteiger partial charge is 0.253 e. The maximum Gasteiger partial charge on any atom is 0.253 e. The summed E-state index contributed by atoms with van der Waals surface area (Å²) in [7, 11) is 1.95. The first-order valence-corrected chi connectivity index (χ1v) is 10.5. The summed E-state index contributed by atoms with van der Waals surface area (Å²) < 4.78 is 3.86. The van der Waals surface area contributed by atoms with E-state index in [1.54, 1.807) is 0 Å². The zero-order valence-electron chi connectivity index (χ0n) is 18.3. The van der Waals surface area contributed by atoms with Crippen molar-refractivity contribution in [3.63, 3.8) is 0 Å². The summed E-state index contributed by atoms with van der Waals surface area (Å²) in [5.74, 6) is 0.116. The van der Waals surface area contributed by atoms with Gasteiger partial charge in [-0.25, -0.2) is 0 Å². The molecule has 1 aliphatic heterocycles. The third kappa shape index (κ3) is 4.46. The third-order valence-electron chi connectivity index (χ3n) is 5.81. The van der Waals surface area contributed by atoms with E-state index in [2.05, 4.69) is 34.3 Å². The Kier molecular flexibility index (Phi) is 5.72. The summed E-state index contributed by atoms with van der Waals surface area (Å²) in [6.45, 7) is 11.0. The first-order chi connectivity index (χ1) is 14.4. The van der Waals surface area contributed by atoms with Crippen LogP contribution < -0.4 is 0 Å². The van der Waals surface area contributed by atoms with Gasteiger partial charge in [0.1, 0.15) is 0 Å². The Balaban J connectivity index is 1.32. The Labute approximate surface area is 177 Å². The minimum absolute atomic E-state index is 0.116. The molecule has 0 spiro atoms. The van der Waals surface area contributed by atoms with Gasteiger partial charge in [0.25, 0.3) is 5.91 Å². The zero-order valence-corrected chi connectivity index (χ0v) is 18.3. The second-order valence-corrected chi connectivity index (χ2v) is 8.26.